The summed E-state index contributed by atoms with van der Waals surface area (Å²) in [7, 11) is 1.83. The van der Waals surface area contributed by atoms with Crippen molar-refractivity contribution in [2.24, 2.45) is 12.5 Å². The van der Waals surface area contributed by atoms with E-state index in [2.05, 4.69) is 31.2 Å². The molecule has 7 heteroatoms. The minimum Gasteiger partial charge on any atom is -0.480 e. The Kier molecular flexibility index (Phi) is 4.79. The molecule has 23 heavy (non-hydrogen) atoms. The smallest absolute Gasteiger partial charge is 0.326 e. The lowest BCUT2D eigenvalue weighted by molar-refractivity contribution is -0.139. The third kappa shape index (κ3) is 4.10. The summed E-state index contributed by atoms with van der Waals surface area (Å²) in [6, 6.07) is 0.909. The predicted octanol–water partition coefficient (Wildman–Crippen LogP) is 2.95. The molecule has 0 fully saturated rings. The van der Waals surface area contributed by atoms with Gasteiger partial charge in [0.2, 0.25) is 0 Å². The van der Waals surface area contributed by atoms with Gasteiger partial charge in [-0.3, -0.25) is 9.48 Å². The normalized spacial score (nSPS) is 13.3. The number of aliphatic carboxylic acids is 1. The number of amides is 1. The molecule has 0 saturated heterocycles. The fourth-order valence-corrected chi connectivity index (χ4v) is 3.41. The number of carboxylic acid groups (broad SMARTS) is 1. The summed E-state index contributed by atoms with van der Waals surface area (Å²) in [5, 5.41) is 17.2. The summed E-state index contributed by atoms with van der Waals surface area (Å²) in [6.45, 7) is 8.04. The van der Waals surface area contributed by atoms with E-state index in [9.17, 15) is 14.7 Å². The molecule has 0 bridgehead atoms. The van der Waals surface area contributed by atoms with Crippen molar-refractivity contribution in [3.05, 3.63) is 16.6 Å². The van der Waals surface area contributed by atoms with Gasteiger partial charge in [0.1, 0.15) is 10.9 Å². The summed E-state index contributed by atoms with van der Waals surface area (Å²) in [6.07, 6.45) is 1.13. The number of rotatable bonds is 5. The zero-order valence-electron chi connectivity index (χ0n) is 14.1. The molecule has 2 rings (SSSR count). The zero-order chi connectivity index (χ0) is 17.4. The second-order valence-corrected chi connectivity index (χ2v) is 8.03. The van der Waals surface area contributed by atoms with E-state index in [0.29, 0.717) is 11.3 Å². The van der Waals surface area contributed by atoms with Gasteiger partial charge in [-0.1, -0.05) is 20.8 Å². The van der Waals surface area contributed by atoms with Gasteiger partial charge in [0.05, 0.1) is 10.6 Å². The number of hydrogen-bond donors (Lipinski definition) is 2. The third-order valence-corrected chi connectivity index (χ3v) is 4.91. The zero-order valence-corrected chi connectivity index (χ0v) is 15.0. The Bertz CT molecular complexity index is 705. The van der Waals surface area contributed by atoms with Gasteiger partial charge >= 0.3 is 5.97 Å². The molecule has 0 aromatic carbocycles. The van der Waals surface area contributed by atoms with Crippen molar-refractivity contribution >= 4 is 33.4 Å². The Hall–Kier alpha value is -1.89. The van der Waals surface area contributed by atoms with E-state index < -0.39 is 12.0 Å². The lowest BCUT2D eigenvalue weighted by atomic mass is 9.88. The van der Waals surface area contributed by atoms with E-state index in [1.807, 2.05) is 14.0 Å². The van der Waals surface area contributed by atoms with Crippen LogP contribution >= 0.6 is 11.3 Å². The Labute approximate surface area is 139 Å². The number of aryl methyl sites for hydroxylation is 2. The number of fused-ring (bicyclic) bond motifs is 1. The highest BCUT2D eigenvalue weighted by atomic mass is 32.1. The maximum absolute atomic E-state index is 12.4. The molecule has 2 heterocycles. The Morgan fingerprint density at radius 2 is 2.09 bits per heavy atom. The molecule has 0 spiro atoms. The van der Waals surface area contributed by atoms with Crippen LogP contribution in [-0.2, 0) is 11.8 Å². The summed E-state index contributed by atoms with van der Waals surface area (Å²) in [5.41, 5.74) is 0.888. The Morgan fingerprint density at radius 1 is 1.43 bits per heavy atom. The first kappa shape index (κ1) is 17.5. The minimum atomic E-state index is -0.999. The van der Waals surface area contributed by atoms with Crippen LogP contribution in [0.25, 0.3) is 10.2 Å². The van der Waals surface area contributed by atoms with Crippen LogP contribution in [-0.4, -0.2) is 32.8 Å². The average Bonchev–Trinajstić information content (AvgIpc) is 2.96. The van der Waals surface area contributed by atoms with Crippen LogP contribution in [0.2, 0.25) is 0 Å². The summed E-state index contributed by atoms with van der Waals surface area (Å²) < 4.78 is 1.74. The SMILES string of the molecule is Cc1nn(C)c2sc(C(=O)NC(CCC(C)(C)C)C(=O)O)cc12. The molecule has 6 nitrogen and oxygen atoms in total. The first-order valence-electron chi connectivity index (χ1n) is 7.55. The first-order valence-corrected chi connectivity index (χ1v) is 8.37. The molecule has 126 valence electrons. The number of aromatic nitrogens is 2. The summed E-state index contributed by atoms with van der Waals surface area (Å²) in [4.78, 5) is 25.2. The van der Waals surface area contributed by atoms with E-state index in [0.717, 1.165) is 22.3 Å². The number of hydrogen-bond acceptors (Lipinski definition) is 4. The van der Waals surface area contributed by atoms with Crippen molar-refractivity contribution < 1.29 is 14.7 Å². The van der Waals surface area contributed by atoms with Gasteiger partial charge in [-0.15, -0.1) is 11.3 Å². The van der Waals surface area contributed by atoms with Gasteiger partial charge in [-0.05, 0) is 31.2 Å². The quantitative estimate of drug-likeness (QED) is 0.878. The number of thiophene rings is 1. The maximum atomic E-state index is 12.4. The highest BCUT2D eigenvalue weighted by Gasteiger charge is 2.24. The second kappa shape index (κ2) is 6.31. The highest BCUT2D eigenvalue weighted by Crippen LogP contribution is 2.28. The highest BCUT2D eigenvalue weighted by molar-refractivity contribution is 7.20. The number of nitrogens with zero attached hydrogens (tertiary/aromatic N) is 2. The lowest BCUT2D eigenvalue weighted by Crippen LogP contribution is -2.41. The lowest BCUT2D eigenvalue weighted by Gasteiger charge is -2.21. The van der Waals surface area contributed by atoms with E-state index in [1.54, 1.807) is 10.7 Å². The molecule has 1 unspecified atom stereocenters. The summed E-state index contributed by atoms with van der Waals surface area (Å²) >= 11 is 1.33. The van der Waals surface area contributed by atoms with Crippen LogP contribution in [0.4, 0.5) is 0 Å². The molecule has 1 atom stereocenters. The topological polar surface area (TPSA) is 84.2 Å². The van der Waals surface area contributed by atoms with E-state index in [4.69, 9.17) is 0 Å². The van der Waals surface area contributed by atoms with Gasteiger partial charge < -0.3 is 10.4 Å². The number of carbonyl (C=O) groups excluding carboxylic acids is 1. The molecule has 0 aliphatic rings. The molecule has 1 amide bonds. The standard InChI is InChI=1S/C16H23N3O3S/c1-9-10-8-12(23-14(10)19(5)18-9)13(20)17-11(15(21)22)6-7-16(2,3)4/h8,11H,6-7H2,1-5H3,(H,17,20)(H,21,22). The fourth-order valence-electron chi connectivity index (χ4n) is 2.38. The largest absolute Gasteiger partial charge is 0.480 e. The van der Waals surface area contributed by atoms with Crippen molar-refractivity contribution in [1.82, 2.24) is 15.1 Å². The van der Waals surface area contributed by atoms with Gasteiger partial charge in [-0.25, -0.2) is 4.79 Å². The third-order valence-electron chi connectivity index (χ3n) is 3.71. The van der Waals surface area contributed by atoms with E-state index >= 15 is 0 Å². The van der Waals surface area contributed by atoms with Crippen molar-refractivity contribution in [1.29, 1.82) is 0 Å². The van der Waals surface area contributed by atoms with Crippen molar-refractivity contribution in [2.75, 3.05) is 0 Å². The molecule has 2 aromatic rings. The van der Waals surface area contributed by atoms with Gasteiger partial charge in [0, 0.05) is 12.4 Å². The molecule has 0 aliphatic heterocycles. The van der Waals surface area contributed by atoms with Crippen LogP contribution in [0.5, 0.6) is 0 Å². The molecule has 2 aromatic heterocycles. The van der Waals surface area contributed by atoms with Gasteiger partial charge in [-0.2, -0.15) is 5.10 Å². The second-order valence-electron chi connectivity index (χ2n) is 7.00. The minimum absolute atomic E-state index is 0.0266. The number of nitrogens with one attached hydrogen (secondary N) is 1. The average molecular weight is 337 g/mol. The van der Waals surface area contributed by atoms with Crippen LogP contribution in [0.1, 0.15) is 49.0 Å². The molecule has 0 saturated carbocycles. The van der Waals surface area contributed by atoms with Crippen molar-refractivity contribution in [3.63, 3.8) is 0 Å². The number of carboxylic acids is 1. The molecule has 2 N–H and O–H groups in total. The van der Waals surface area contributed by atoms with Crippen molar-refractivity contribution in [2.45, 2.75) is 46.6 Å². The molecule has 0 aliphatic carbocycles. The summed E-state index contributed by atoms with van der Waals surface area (Å²) in [5.74, 6) is -1.34. The van der Waals surface area contributed by atoms with Gasteiger partial charge in [0.15, 0.2) is 0 Å². The van der Waals surface area contributed by atoms with Crippen LogP contribution < -0.4 is 5.32 Å². The Morgan fingerprint density at radius 3 is 2.61 bits per heavy atom. The van der Waals surface area contributed by atoms with Gasteiger partial charge in [0.25, 0.3) is 5.91 Å². The molecular weight excluding hydrogens is 314 g/mol. The molecule has 0 radical (unpaired) electrons. The van der Waals surface area contributed by atoms with E-state index in [-0.39, 0.29) is 11.3 Å². The first-order chi connectivity index (χ1) is 10.6. The predicted molar refractivity (Wildman–Crippen MR) is 90.9 cm³/mol. The van der Waals surface area contributed by atoms with Crippen molar-refractivity contribution in [3.8, 4) is 0 Å². The molecular formula is C16H23N3O3S. The van der Waals surface area contributed by atoms with Crippen LogP contribution in [0, 0.1) is 12.3 Å². The van der Waals surface area contributed by atoms with Crippen LogP contribution in [0.3, 0.4) is 0 Å². The monoisotopic (exact) mass is 337 g/mol. The Balaban J connectivity index is 2.13. The number of carbonyl (C=O) groups is 2. The van der Waals surface area contributed by atoms with Crippen LogP contribution in [0.15, 0.2) is 6.07 Å². The maximum Gasteiger partial charge on any atom is 0.326 e. The van der Waals surface area contributed by atoms with E-state index in [1.165, 1.54) is 11.3 Å². The fraction of sp³-hybridized carbons (Fsp3) is 0.562.